The van der Waals surface area contributed by atoms with E-state index in [-0.39, 0.29) is 36.0 Å². The van der Waals surface area contributed by atoms with Gasteiger partial charge in [0.2, 0.25) is 0 Å². The zero-order valence-electron chi connectivity index (χ0n) is 7.06. The predicted octanol–water partition coefficient (Wildman–Crippen LogP) is -3.14. The van der Waals surface area contributed by atoms with Crippen molar-refractivity contribution in [3.63, 3.8) is 0 Å². The third kappa shape index (κ3) is 10.6. The topological polar surface area (TPSA) is 77.4 Å². The third-order valence-corrected chi connectivity index (χ3v) is 1.88. The third-order valence-electron chi connectivity index (χ3n) is 1.14. The summed E-state index contributed by atoms with van der Waals surface area (Å²) in [6.07, 6.45) is 1.01. The van der Waals surface area contributed by atoms with Crippen molar-refractivity contribution in [3.8, 4) is 0 Å². The van der Waals surface area contributed by atoms with E-state index in [9.17, 15) is 13.0 Å². The Kier molecular flexibility index (Phi) is 8.88. The summed E-state index contributed by atoms with van der Waals surface area (Å²) in [7, 11) is -4.18. The van der Waals surface area contributed by atoms with E-state index in [0.29, 0.717) is 6.42 Å². The van der Waals surface area contributed by atoms with Crippen molar-refractivity contribution in [1.29, 1.82) is 0 Å². The molecule has 0 heterocycles. The fourth-order valence-corrected chi connectivity index (χ4v) is 1.15. The molecule has 66 valence electrons. The van der Waals surface area contributed by atoms with Crippen LogP contribution in [0.1, 0.15) is 12.8 Å². The maximum absolute atomic E-state index is 10.0. The van der Waals surface area contributed by atoms with Crippen LogP contribution in [-0.2, 0) is 10.1 Å². The molecular weight excluding hydrogens is 191 g/mol. The van der Waals surface area contributed by atoms with Gasteiger partial charge in [0.1, 0.15) is 0 Å². The van der Waals surface area contributed by atoms with E-state index < -0.39 is 22.0 Å². The van der Waals surface area contributed by atoms with E-state index in [2.05, 4.69) is 6.58 Å². The van der Waals surface area contributed by atoms with Crippen molar-refractivity contribution < 1.29 is 47.6 Å². The van der Waals surface area contributed by atoms with Gasteiger partial charge in [-0.25, -0.2) is 8.42 Å². The van der Waals surface area contributed by atoms with Crippen LogP contribution < -0.4 is 29.6 Å². The van der Waals surface area contributed by atoms with E-state index in [1.807, 2.05) is 0 Å². The van der Waals surface area contributed by atoms with E-state index in [1.54, 1.807) is 0 Å². The molecule has 4 nitrogen and oxygen atoms in total. The molecule has 0 aliphatic rings. The molecule has 1 atom stereocenters. The Morgan fingerprint density at radius 1 is 1.58 bits per heavy atom. The fourth-order valence-electron chi connectivity index (χ4n) is 0.591. The van der Waals surface area contributed by atoms with Crippen molar-refractivity contribution in [3.05, 3.63) is 12.7 Å². The van der Waals surface area contributed by atoms with Gasteiger partial charge < -0.3 is 9.66 Å². The number of aliphatic hydroxyl groups is 1. The minimum atomic E-state index is -4.18. The normalized spacial score (nSPS) is 13.2. The fraction of sp³-hybridized carbons (Fsp3) is 0.667. The molecule has 0 aliphatic heterocycles. The van der Waals surface area contributed by atoms with Gasteiger partial charge in [-0.05, 0) is 12.8 Å². The largest absolute Gasteiger partial charge is 1.00 e. The second-order valence-electron chi connectivity index (χ2n) is 2.23. The average Bonchev–Trinajstić information content (AvgIpc) is 1.83. The first-order valence-corrected chi connectivity index (χ1v) is 4.76. The van der Waals surface area contributed by atoms with E-state index in [4.69, 9.17) is 5.11 Å². The van der Waals surface area contributed by atoms with Crippen LogP contribution in [0.5, 0.6) is 0 Å². The first-order valence-electron chi connectivity index (χ1n) is 3.18. The standard InChI is InChI=1S/C6H12O4S.Na/c1-2-3-6(7)4-5-11(8,9)10;/h2,6-7H,1,3-5H2,(H,8,9,10);/q;+1/p-1. The monoisotopic (exact) mass is 202 g/mol. The van der Waals surface area contributed by atoms with Gasteiger partial charge in [0.25, 0.3) is 0 Å². The second kappa shape index (κ2) is 7.06. The van der Waals surface area contributed by atoms with Gasteiger partial charge in [-0.15, -0.1) is 6.58 Å². The summed E-state index contributed by atoms with van der Waals surface area (Å²) in [6.45, 7) is 3.36. The number of hydrogen-bond donors (Lipinski definition) is 1. The van der Waals surface area contributed by atoms with Crippen LogP contribution in [0.25, 0.3) is 0 Å². The maximum atomic E-state index is 10.0. The van der Waals surface area contributed by atoms with Gasteiger partial charge in [0, 0.05) is 5.75 Å². The van der Waals surface area contributed by atoms with Gasteiger partial charge >= 0.3 is 29.6 Å². The van der Waals surface area contributed by atoms with Crippen LogP contribution in [-0.4, -0.2) is 29.9 Å². The molecule has 0 saturated carbocycles. The number of aliphatic hydroxyl groups excluding tert-OH is 1. The van der Waals surface area contributed by atoms with Crippen molar-refractivity contribution in [2.24, 2.45) is 0 Å². The zero-order valence-corrected chi connectivity index (χ0v) is 9.88. The van der Waals surface area contributed by atoms with E-state index in [1.165, 1.54) is 6.08 Å². The first kappa shape index (κ1) is 15.1. The van der Waals surface area contributed by atoms with Crippen molar-refractivity contribution in [2.75, 3.05) is 5.75 Å². The van der Waals surface area contributed by atoms with Crippen molar-refractivity contribution >= 4 is 10.1 Å². The molecule has 6 heteroatoms. The van der Waals surface area contributed by atoms with E-state index in [0.717, 1.165) is 0 Å². The molecule has 1 N–H and O–H groups in total. The molecule has 0 radical (unpaired) electrons. The molecule has 0 aromatic heterocycles. The maximum Gasteiger partial charge on any atom is 1.00 e. The average molecular weight is 202 g/mol. The zero-order chi connectivity index (χ0) is 8.91. The van der Waals surface area contributed by atoms with Crippen LogP contribution >= 0.6 is 0 Å². The van der Waals surface area contributed by atoms with Crippen molar-refractivity contribution in [1.82, 2.24) is 0 Å². The summed E-state index contributed by atoms with van der Waals surface area (Å²) < 4.78 is 30.1. The summed E-state index contributed by atoms with van der Waals surface area (Å²) in [5.41, 5.74) is 0. The Morgan fingerprint density at radius 2 is 2.08 bits per heavy atom. The van der Waals surface area contributed by atoms with E-state index >= 15 is 0 Å². The van der Waals surface area contributed by atoms with Crippen LogP contribution in [0.2, 0.25) is 0 Å². The summed E-state index contributed by atoms with van der Waals surface area (Å²) >= 11 is 0. The van der Waals surface area contributed by atoms with Crippen LogP contribution in [0, 0.1) is 0 Å². The Bertz CT molecular complexity index is 212. The SMILES string of the molecule is C=CCC(O)CCS(=O)(=O)[O-].[Na+]. The molecule has 1 unspecified atom stereocenters. The smallest absolute Gasteiger partial charge is 0.748 e. The van der Waals surface area contributed by atoms with Crippen LogP contribution in [0.15, 0.2) is 12.7 Å². The minimum Gasteiger partial charge on any atom is -0.748 e. The van der Waals surface area contributed by atoms with Crippen molar-refractivity contribution in [2.45, 2.75) is 18.9 Å². The van der Waals surface area contributed by atoms with Gasteiger partial charge in [-0.1, -0.05) is 6.08 Å². The quantitative estimate of drug-likeness (QED) is 0.290. The molecule has 0 aromatic rings. The first-order chi connectivity index (χ1) is 4.95. The summed E-state index contributed by atoms with van der Waals surface area (Å²) in [5.74, 6) is -0.512. The van der Waals surface area contributed by atoms with Gasteiger partial charge in [0.15, 0.2) is 0 Å². The van der Waals surface area contributed by atoms with Gasteiger partial charge in [-0.3, -0.25) is 0 Å². The summed E-state index contributed by atoms with van der Waals surface area (Å²) in [4.78, 5) is 0. The molecule has 0 amide bonds. The molecule has 0 rings (SSSR count). The second-order valence-corrected chi connectivity index (χ2v) is 3.75. The predicted molar refractivity (Wildman–Crippen MR) is 40.0 cm³/mol. The molecule has 0 saturated heterocycles. The Hall–Kier alpha value is 0.610. The van der Waals surface area contributed by atoms with Crippen LogP contribution in [0.3, 0.4) is 0 Å². The molecule has 0 aromatic carbocycles. The summed E-state index contributed by atoms with van der Waals surface area (Å²) in [5, 5.41) is 8.94. The molecule has 0 fully saturated rings. The van der Waals surface area contributed by atoms with Crippen LogP contribution in [0.4, 0.5) is 0 Å². The molecule has 12 heavy (non-hydrogen) atoms. The number of hydrogen-bond acceptors (Lipinski definition) is 4. The molecule has 0 bridgehead atoms. The minimum absolute atomic E-state index is 0. The number of rotatable bonds is 5. The molecular formula is C6H11NaO4S. The van der Waals surface area contributed by atoms with Gasteiger partial charge in [-0.2, -0.15) is 0 Å². The molecule has 0 spiro atoms. The molecule has 0 aliphatic carbocycles. The Labute approximate surface area is 94.7 Å². The Morgan fingerprint density at radius 3 is 2.42 bits per heavy atom. The Balaban J connectivity index is 0. The van der Waals surface area contributed by atoms with Gasteiger partial charge in [0.05, 0.1) is 16.2 Å². The summed E-state index contributed by atoms with van der Waals surface area (Å²) in [6, 6.07) is 0.